The van der Waals surface area contributed by atoms with Crippen molar-refractivity contribution in [2.45, 2.75) is 65.2 Å². The number of hydrogen-bond donors (Lipinski definition) is 3. The summed E-state index contributed by atoms with van der Waals surface area (Å²) in [5.74, 6) is 1.35. The number of nitrogens with one attached hydrogen (secondary N) is 3. The van der Waals surface area contributed by atoms with E-state index < -0.39 is 5.41 Å². The molecule has 3 N–H and O–H groups in total. The molecule has 0 bridgehead atoms. The fourth-order valence-corrected chi connectivity index (χ4v) is 4.30. The second-order valence-corrected chi connectivity index (χ2v) is 9.77. The van der Waals surface area contributed by atoms with E-state index in [9.17, 15) is 9.59 Å². The van der Waals surface area contributed by atoms with E-state index in [-0.39, 0.29) is 24.7 Å². The SMILES string of the molecule is CC(C)(CC(=O)NNc1ccccc1)CC(=O)Nc1ccc(OCCC2CCCCC2)cc1. The molecule has 6 heteroatoms. The molecule has 1 fully saturated rings. The number of rotatable bonds is 11. The molecule has 33 heavy (non-hydrogen) atoms. The zero-order valence-electron chi connectivity index (χ0n) is 19.9. The van der Waals surface area contributed by atoms with Crippen LogP contribution in [0.2, 0.25) is 0 Å². The van der Waals surface area contributed by atoms with Crippen LogP contribution in [0.5, 0.6) is 5.75 Å². The normalized spacial score (nSPS) is 14.4. The van der Waals surface area contributed by atoms with Crippen molar-refractivity contribution in [2.24, 2.45) is 11.3 Å². The van der Waals surface area contributed by atoms with Gasteiger partial charge in [-0.15, -0.1) is 0 Å². The van der Waals surface area contributed by atoms with E-state index >= 15 is 0 Å². The third-order valence-corrected chi connectivity index (χ3v) is 6.06. The van der Waals surface area contributed by atoms with Crippen molar-refractivity contribution in [3.05, 3.63) is 54.6 Å². The first-order valence-electron chi connectivity index (χ1n) is 12.0. The summed E-state index contributed by atoms with van der Waals surface area (Å²) >= 11 is 0. The summed E-state index contributed by atoms with van der Waals surface area (Å²) in [6.45, 7) is 4.57. The van der Waals surface area contributed by atoms with Gasteiger partial charge < -0.3 is 10.1 Å². The highest BCUT2D eigenvalue weighted by Gasteiger charge is 2.25. The molecular formula is C27H37N3O3. The van der Waals surface area contributed by atoms with E-state index in [0.717, 1.165) is 36.1 Å². The summed E-state index contributed by atoms with van der Waals surface area (Å²) < 4.78 is 5.88. The molecule has 0 heterocycles. The van der Waals surface area contributed by atoms with Gasteiger partial charge in [0.05, 0.1) is 12.3 Å². The molecule has 0 atom stereocenters. The van der Waals surface area contributed by atoms with Crippen LogP contribution >= 0.6 is 0 Å². The number of benzene rings is 2. The third kappa shape index (κ3) is 9.16. The molecule has 0 saturated heterocycles. The Morgan fingerprint density at radius 1 is 0.879 bits per heavy atom. The molecule has 3 rings (SSSR count). The summed E-state index contributed by atoms with van der Waals surface area (Å²) in [7, 11) is 0. The first-order chi connectivity index (χ1) is 15.9. The standard InChI is InChI=1S/C27H37N3O3/c1-27(2,20-26(32)30-29-23-11-7-4-8-12-23)19-25(31)28-22-13-15-24(16-14-22)33-18-17-21-9-5-3-6-10-21/h4,7-8,11-16,21,29H,3,5-6,9-10,17-20H2,1-2H3,(H,28,31)(H,30,32). The lowest BCUT2D eigenvalue weighted by Gasteiger charge is -2.23. The Morgan fingerprint density at radius 3 is 2.24 bits per heavy atom. The number of para-hydroxylation sites is 1. The number of carbonyl (C=O) groups excluding carboxylic acids is 2. The molecule has 0 unspecified atom stereocenters. The molecule has 0 aromatic heterocycles. The highest BCUT2D eigenvalue weighted by atomic mass is 16.5. The van der Waals surface area contributed by atoms with Crippen molar-refractivity contribution in [1.82, 2.24) is 5.43 Å². The zero-order valence-corrected chi connectivity index (χ0v) is 19.9. The van der Waals surface area contributed by atoms with Gasteiger partial charge in [0, 0.05) is 18.5 Å². The number of hydrazine groups is 1. The van der Waals surface area contributed by atoms with Crippen LogP contribution in [0.25, 0.3) is 0 Å². The first kappa shape index (κ1) is 24.6. The van der Waals surface area contributed by atoms with Crippen LogP contribution in [-0.4, -0.2) is 18.4 Å². The van der Waals surface area contributed by atoms with E-state index in [2.05, 4.69) is 16.2 Å². The predicted molar refractivity (Wildman–Crippen MR) is 133 cm³/mol. The van der Waals surface area contributed by atoms with Gasteiger partial charge in [0.2, 0.25) is 11.8 Å². The van der Waals surface area contributed by atoms with Crippen LogP contribution in [0.3, 0.4) is 0 Å². The van der Waals surface area contributed by atoms with Gasteiger partial charge in [0.15, 0.2) is 0 Å². The van der Waals surface area contributed by atoms with Crippen LogP contribution in [0, 0.1) is 11.3 Å². The van der Waals surface area contributed by atoms with Crippen molar-refractivity contribution in [1.29, 1.82) is 0 Å². The van der Waals surface area contributed by atoms with E-state index in [1.165, 1.54) is 32.1 Å². The van der Waals surface area contributed by atoms with Gasteiger partial charge >= 0.3 is 0 Å². The second-order valence-electron chi connectivity index (χ2n) is 9.77. The Hall–Kier alpha value is -3.02. The van der Waals surface area contributed by atoms with E-state index in [1.54, 1.807) is 0 Å². The Balaban J connectivity index is 1.37. The lowest BCUT2D eigenvalue weighted by Crippen LogP contribution is -2.34. The maximum Gasteiger partial charge on any atom is 0.238 e. The Morgan fingerprint density at radius 2 is 1.55 bits per heavy atom. The monoisotopic (exact) mass is 451 g/mol. The number of ether oxygens (including phenoxy) is 1. The van der Waals surface area contributed by atoms with Gasteiger partial charge in [-0.25, -0.2) is 0 Å². The lowest BCUT2D eigenvalue weighted by molar-refractivity contribution is -0.123. The minimum absolute atomic E-state index is 0.116. The molecule has 0 spiro atoms. The first-order valence-corrected chi connectivity index (χ1v) is 12.0. The molecule has 2 aromatic rings. The van der Waals surface area contributed by atoms with Crippen LogP contribution < -0.4 is 20.9 Å². The number of carbonyl (C=O) groups is 2. The third-order valence-electron chi connectivity index (χ3n) is 6.06. The summed E-state index contributed by atoms with van der Waals surface area (Å²) in [5, 5.41) is 2.92. The van der Waals surface area contributed by atoms with Gasteiger partial charge in [0.1, 0.15) is 5.75 Å². The molecule has 6 nitrogen and oxygen atoms in total. The van der Waals surface area contributed by atoms with Gasteiger partial charge in [-0.05, 0) is 54.2 Å². The fourth-order valence-electron chi connectivity index (χ4n) is 4.30. The second kappa shape index (κ2) is 12.3. The Bertz CT molecular complexity index is 875. The maximum atomic E-state index is 12.5. The van der Waals surface area contributed by atoms with Crippen molar-refractivity contribution in [3.63, 3.8) is 0 Å². The highest BCUT2D eigenvalue weighted by Crippen LogP contribution is 2.27. The Kier molecular flexibility index (Phi) is 9.16. The topological polar surface area (TPSA) is 79.5 Å². The van der Waals surface area contributed by atoms with E-state index in [4.69, 9.17) is 4.74 Å². The van der Waals surface area contributed by atoms with Gasteiger partial charge in [-0.3, -0.25) is 20.4 Å². The summed E-state index contributed by atoms with van der Waals surface area (Å²) in [6.07, 6.45) is 8.32. The molecule has 1 saturated carbocycles. The molecule has 1 aliphatic carbocycles. The van der Waals surface area contributed by atoms with Crippen molar-refractivity contribution in [3.8, 4) is 5.75 Å². The minimum Gasteiger partial charge on any atom is -0.494 e. The summed E-state index contributed by atoms with van der Waals surface area (Å²) in [5.41, 5.74) is 6.63. The maximum absolute atomic E-state index is 12.5. The number of amides is 2. The average Bonchev–Trinajstić information content (AvgIpc) is 2.79. The van der Waals surface area contributed by atoms with Crippen LogP contribution in [-0.2, 0) is 9.59 Å². The molecule has 0 aliphatic heterocycles. The van der Waals surface area contributed by atoms with Crippen molar-refractivity contribution in [2.75, 3.05) is 17.3 Å². The highest BCUT2D eigenvalue weighted by molar-refractivity contribution is 5.91. The lowest BCUT2D eigenvalue weighted by atomic mass is 9.85. The molecular weight excluding hydrogens is 414 g/mol. The summed E-state index contributed by atoms with van der Waals surface area (Å²) in [4.78, 5) is 24.8. The Labute approximate surface area is 197 Å². The van der Waals surface area contributed by atoms with Gasteiger partial charge in [0.25, 0.3) is 0 Å². The number of anilines is 2. The minimum atomic E-state index is -0.477. The average molecular weight is 452 g/mol. The van der Waals surface area contributed by atoms with E-state index in [1.807, 2.05) is 68.4 Å². The molecule has 2 amide bonds. The fraction of sp³-hybridized carbons (Fsp3) is 0.481. The molecule has 2 aromatic carbocycles. The smallest absolute Gasteiger partial charge is 0.238 e. The van der Waals surface area contributed by atoms with Crippen LogP contribution in [0.4, 0.5) is 11.4 Å². The quantitative estimate of drug-likeness (QED) is 0.370. The van der Waals surface area contributed by atoms with Crippen molar-refractivity contribution >= 4 is 23.2 Å². The van der Waals surface area contributed by atoms with Gasteiger partial charge in [-0.2, -0.15) is 0 Å². The van der Waals surface area contributed by atoms with Crippen LogP contribution in [0.15, 0.2) is 54.6 Å². The van der Waals surface area contributed by atoms with Gasteiger partial charge in [-0.1, -0.05) is 64.2 Å². The number of hydrogen-bond acceptors (Lipinski definition) is 4. The van der Waals surface area contributed by atoms with Crippen LogP contribution in [0.1, 0.15) is 65.2 Å². The molecule has 178 valence electrons. The predicted octanol–water partition coefficient (Wildman–Crippen LogP) is 5.92. The van der Waals surface area contributed by atoms with Crippen molar-refractivity contribution < 1.29 is 14.3 Å². The zero-order chi connectivity index (χ0) is 23.5. The molecule has 1 aliphatic rings. The summed E-state index contributed by atoms with van der Waals surface area (Å²) in [6, 6.07) is 16.9. The van der Waals surface area contributed by atoms with E-state index in [0.29, 0.717) is 0 Å². The largest absolute Gasteiger partial charge is 0.494 e. The molecule has 0 radical (unpaired) electrons.